The summed E-state index contributed by atoms with van der Waals surface area (Å²) in [5.41, 5.74) is 2.02. The first-order chi connectivity index (χ1) is 10.4. The summed E-state index contributed by atoms with van der Waals surface area (Å²) < 4.78 is 12.3. The molecule has 2 rings (SSSR count). The van der Waals surface area contributed by atoms with Crippen molar-refractivity contribution in [1.82, 2.24) is 9.78 Å². The fourth-order valence-electron chi connectivity index (χ4n) is 1.97. The summed E-state index contributed by atoms with van der Waals surface area (Å²) in [6, 6.07) is 6.59. The van der Waals surface area contributed by atoms with Crippen LogP contribution in [0.5, 0.6) is 11.5 Å². The zero-order valence-corrected chi connectivity index (χ0v) is 13.0. The number of carbonyl (C=O) groups is 2. The average Bonchev–Trinajstić information content (AvgIpc) is 2.72. The number of hydrogen-bond acceptors (Lipinski definition) is 5. The van der Waals surface area contributed by atoms with Crippen LogP contribution in [0.2, 0.25) is 0 Å². The van der Waals surface area contributed by atoms with Gasteiger partial charge in [0.1, 0.15) is 11.4 Å². The monoisotopic (exact) mass is 302 g/mol. The van der Waals surface area contributed by atoms with Gasteiger partial charge in [-0.3, -0.25) is 9.48 Å². The van der Waals surface area contributed by atoms with Gasteiger partial charge in [-0.2, -0.15) is 5.10 Å². The third kappa shape index (κ3) is 3.52. The Labute approximate surface area is 128 Å². The normalized spacial score (nSPS) is 10.4. The van der Waals surface area contributed by atoms with Crippen molar-refractivity contribution in [1.29, 1.82) is 0 Å². The Morgan fingerprint density at radius 3 is 2.32 bits per heavy atom. The molecular formula is C16H18N2O4. The highest BCUT2D eigenvalue weighted by atomic mass is 16.6. The summed E-state index contributed by atoms with van der Waals surface area (Å²) in [6.07, 6.45) is 0. The summed E-state index contributed by atoms with van der Waals surface area (Å²) in [5, 5.41) is 4.17. The van der Waals surface area contributed by atoms with Crippen molar-refractivity contribution in [2.75, 3.05) is 6.61 Å². The topological polar surface area (TPSA) is 70.4 Å². The molecule has 0 aliphatic rings. The number of rotatable bonds is 5. The van der Waals surface area contributed by atoms with Crippen LogP contribution < -0.4 is 9.47 Å². The molecule has 0 spiro atoms. The lowest BCUT2D eigenvalue weighted by Gasteiger charge is -2.07. The molecule has 1 aromatic heterocycles. The fourth-order valence-corrected chi connectivity index (χ4v) is 1.97. The fraction of sp³-hybridized carbons (Fsp3) is 0.312. The first-order valence-corrected chi connectivity index (χ1v) is 6.83. The predicted molar refractivity (Wildman–Crippen MR) is 80.3 cm³/mol. The Kier molecular flexibility index (Phi) is 4.60. The number of hydrogen-bond donors (Lipinski definition) is 0. The molecule has 6 nitrogen and oxygen atoms in total. The Hall–Kier alpha value is -2.63. The maximum atomic E-state index is 11.8. The van der Waals surface area contributed by atoms with Crippen LogP contribution in [0.1, 0.15) is 28.7 Å². The Balaban J connectivity index is 1.94. The number of ketones is 1. The summed E-state index contributed by atoms with van der Waals surface area (Å²) >= 11 is 0. The van der Waals surface area contributed by atoms with Crippen LogP contribution >= 0.6 is 0 Å². The van der Waals surface area contributed by atoms with Crippen LogP contribution in [0.15, 0.2) is 24.3 Å². The Morgan fingerprint density at radius 1 is 1.18 bits per heavy atom. The molecule has 1 heterocycles. The molecule has 0 aliphatic heterocycles. The molecule has 116 valence electrons. The van der Waals surface area contributed by atoms with E-state index in [0.717, 1.165) is 5.69 Å². The van der Waals surface area contributed by atoms with Crippen LogP contribution in [0.3, 0.4) is 0 Å². The van der Waals surface area contributed by atoms with Crippen LogP contribution in [-0.2, 0) is 11.8 Å². The van der Waals surface area contributed by atoms with Gasteiger partial charge >= 0.3 is 5.97 Å². The van der Waals surface area contributed by atoms with E-state index >= 15 is 0 Å². The smallest absolute Gasteiger partial charge is 0.349 e. The number of aromatic nitrogens is 2. The predicted octanol–water partition coefficient (Wildman–Crippen LogP) is 2.22. The molecule has 0 aliphatic carbocycles. The largest absolute Gasteiger partial charge is 0.482 e. The molecule has 0 amide bonds. The zero-order valence-electron chi connectivity index (χ0n) is 13.0. The lowest BCUT2D eigenvalue weighted by atomic mass is 10.1. The van der Waals surface area contributed by atoms with Crippen molar-refractivity contribution in [3.63, 3.8) is 0 Å². The second-order valence-electron chi connectivity index (χ2n) is 4.97. The van der Waals surface area contributed by atoms with E-state index in [4.69, 9.17) is 9.47 Å². The molecule has 0 atom stereocenters. The van der Waals surface area contributed by atoms with E-state index in [1.807, 2.05) is 6.92 Å². The molecule has 2 aromatic rings. The molecule has 0 fully saturated rings. The van der Waals surface area contributed by atoms with Gasteiger partial charge in [-0.1, -0.05) is 0 Å². The Bertz CT molecular complexity index is 702. The van der Waals surface area contributed by atoms with E-state index < -0.39 is 5.97 Å². The summed E-state index contributed by atoms with van der Waals surface area (Å²) in [7, 11) is 1.78. The minimum Gasteiger partial charge on any atom is -0.482 e. The molecule has 0 bridgehead atoms. The lowest BCUT2D eigenvalue weighted by molar-refractivity contribution is -0.136. The van der Waals surface area contributed by atoms with Crippen molar-refractivity contribution in [2.24, 2.45) is 7.05 Å². The number of benzene rings is 1. The molecule has 0 saturated carbocycles. The summed E-state index contributed by atoms with van der Waals surface area (Å²) in [6.45, 7) is 4.87. The highest BCUT2D eigenvalue weighted by Gasteiger charge is 2.15. The van der Waals surface area contributed by atoms with Crippen LogP contribution in [0, 0.1) is 13.8 Å². The van der Waals surface area contributed by atoms with Crippen LogP contribution in [-0.4, -0.2) is 28.1 Å². The standard InChI is InChI=1S/C16H18N2O4/c1-10-16(11(2)18(4)17-10)22-15(20)9-21-14-7-5-13(6-8-14)12(3)19/h5-8H,9H2,1-4H3. The number of Topliss-reactive ketones (excluding diaryl/α,β-unsaturated/α-hetero) is 1. The maximum Gasteiger partial charge on any atom is 0.349 e. The SMILES string of the molecule is CC(=O)c1ccc(OCC(=O)Oc2c(C)nn(C)c2C)cc1. The molecule has 1 aromatic carbocycles. The van der Waals surface area contributed by atoms with Gasteiger partial charge in [-0.15, -0.1) is 0 Å². The zero-order chi connectivity index (χ0) is 16.3. The third-order valence-electron chi connectivity index (χ3n) is 3.28. The van der Waals surface area contributed by atoms with Crippen LogP contribution in [0.25, 0.3) is 0 Å². The average molecular weight is 302 g/mol. The third-order valence-corrected chi connectivity index (χ3v) is 3.28. The van der Waals surface area contributed by atoms with E-state index in [2.05, 4.69) is 5.10 Å². The number of aryl methyl sites for hydroxylation is 2. The summed E-state index contributed by atoms with van der Waals surface area (Å²) in [4.78, 5) is 23.0. The molecule has 0 N–H and O–H groups in total. The quantitative estimate of drug-likeness (QED) is 0.625. The van der Waals surface area contributed by atoms with Gasteiger partial charge in [0.2, 0.25) is 0 Å². The van der Waals surface area contributed by atoms with Crippen molar-refractivity contribution >= 4 is 11.8 Å². The number of ether oxygens (including phenoxy) is 2. The van der Waals surface area contributed by atoms with Gasteiger partial charge in [0.15, 0.2) is 18.1 Å². The highest BCUT2D eigenvalue weighted by molar-refractivity contribution is 5.94. The van der Waals surface area contributed by atoms with Gasteiger partial charge in [0.05, 0.1) is 5.69 Å². The van der Waals surface area contributed by atoms with Crippen molar-refractivity contribution in [2.45, 2.75) is 20.8 Å². The van der Waals surface area contributed by atoms with Crippen molar-refractivity contribution in [3.8, 4) is 11.5 Å². The molecule has 0 unspecified atom stereocenters. The van der Waals surface area contributed by atoms with E-state index in [1.165, 1.54) is 6.92 Å². The van der Waals surface area contributed by atoms with E-state index in [9.17, 15) is 9.59 Å². The van der Waals surface area contributed by atoms with Gasteiger partial charge in [0.25, 0.3) is 0 Å². The Morgan fingerprint density at radius 2 is 1.82 bits per heavy atom. The minimum absolute atomic E-state index is 0.0199. The van der Waals surface area contributed by atoms with Gasteiger partial charge in [-0.25, -0.2) is 4.79 Å². The molecular weight excluding hydrogens is 284 g/mol. The lowest BCUT2D eigenvalue weighted by Crippen LogP contribution is -2.18. The highest BCUT2D eigenvalue weighted by Crippen LogP contribution is 2.21. The van der Waals surface area contributed by atoms with E-state index in [-0.39, 0.29) is 12.4 Å². The second kappa shape index (κ2) is 6.43. The maximum absolute atomic E-state index is 11.8. The number of esters is 1. The first-order valence-electron chi connectivity index (χ1n) is 6.83. The molecule has 22 heavy (non-hydrogen) atoms. The second-order valence-corrected chi connectivity index (χ2v) is 4.97. The van der Waals surface area contributed by atoms with E-state index in [1.54, 1.807) is 42.9 Å². The van der Waals surface area contributed by atoms with Gasteiger partial charge < -0.3 is 9.47 Å². The van der Waals surface area contributed by atoms with Crippen LogP contribution in [0.4, 0.5) is 0 Å². The molecule has 0 saturated heterocycles. The number of carbonyl (C=O) groups excluding carboxylic acids is 2. The summed E-state index contributed by atoms with van der Waals surface area (Å²) in [5.74, 6) is 0.438. The molecule has 0 radical (unpaired) electrons. The molecule has 6 heteroatoms. The van der Waals surface area contributed by atoms with Gasteiger partial charge in [-0.05, 0) is 45.0 Å². The minimum atomic E-state index is -0.505. The number of nitrogens with zero attached hydrogens (tertiary/aromatic N) is 2. The van der Waals surface area contributed by atoms with Crippen molar-refractivity contribution in [3.05, 3.63) is 41.2 Å². The van der Waals surface area contributed by atoms with Crippen molar-refractivity contribution < 1.29 is 19.1 Å². The first kappa shape index (κ1) is 15.8. The van der Waals surface area contributed by atoms with E-state index in [0.29, 0.717) is 22.8 Å². The van der Waals surface area contributed by atoms with Gasteiger partial charge in [0, 0.05) is 12.6 Å².